The predicted octanol–water partition coefficient (Wildman–Crippen LogP) is 3.42. The van der Waals surface area contributed by atoms with Crippen molar-refractivity contribution in [1.82, 2.24) is 0 Å². The minimum Gasteiger partial charge on any atom is -0.366 e. The highest BCUT2D eigenvalue weighted by Crippen LogP contribution is 2.16. The van der Waals surface area contributed by atoms with Gasteiger partial charge in [0.25, 0.3) is 0 Å². The van der Waals surface area contributed by atoms with Crippen molar-refractivity contribution in [2.45, 2.75) is 0 Å². The number of hydrogen-bond acceptors (Lipinski definition) is 4. The van der Waals surface area contributed by atoms with Crippen molar-refractivity contribution >= 4 is 23.2 Å². The summed E-state index contributed by atoms with van der Waals surface area (Å²) in [5.41, 5.74) is 10.8. The summed E-state index contributed by atoms with van der Waals surface area (Å²) in [6.45, 7) is 6.17. The van der Waals surface area contributed by atoms with E-state index in [9.17, 15) is 9.59 Å². The molecule has 0 heterocycles. The molecule has 6 heteroatoms. The Bertz CT molecular complexity index is 608. The highest BCUT2D eigenvalue weighted by Gasteiger charge is 1.86. The van der Waals surface area contributed by atoms with Crippen LogP contribution in [0.5, 0.6) is 0 Å². The lowest BCUT2D eigenvalue weighted by Gasteiger charge is -1.91. The van der Waals surface area contributed by atoms with Gasteiger partial charge in [-0.1, -0.05) is 49.6 Å². The second-order valence-corrected chi connectivity index (χ2v) is 4.08. The van der Waals surface area contributed by atoms with Crippen molar-refractivity contribution < 1.29 is 9.59 Å². The lowest BCUT2D eigenvalue weighted by molar-refractivity contribution is -0.114. The Kier molecular flexibility index (Phi) is 11.2. The quantitative estimate of drug-likeness (QED) is 0.663. The second-order valence-electron chi connectivity index (χ2n) is 4.08. The van der Waals surface area contributed by atoms with E-state index < -0.39 is 11.8 Å². The summed E-state index contributed by atoms with van der Waals surface area (Å²) < 4.78 is 0. The number of nitrogens with zero attached hydrogens (tertiary/aromatic N) is 2. The molecule has 4 N–H and O–H groups in total. The van der Waals surface area contributed by atoms with E-state index >= 15 is 0 Å². The van der Waals surface area contributed by atoms with E-state index in [1.54, 1.807) is 0 Å². The molecule has 2 aromatic carbocycles. The maximum atomic E-state index is 9.47. The molecule has 0 aliphatic heterocycles. The Morgan fingerprint density at radius 2 is 0.958 bits per heavy atom. The number of rotatable bonds is 4. The molecule has 0 unspecified atom stereocenters. The highest BCUT2D eigenvalue weighted by atomic mass is 16.1. The van der Waals surface area contributed by atoms with Gasteiger partial charge in [-0.05, 0) is 36.4 Å². The number of benzene rings is 2. The zero-order valence-corrected chi connectivity index (χ0v) is 13.2. The fourth-order valence-corrected chi connectivity index (χ4v) is 1.10. The van der Waals surface area contributed by atoms with Crippen molar-refractivity contribution in [2.75, 3.05) is 0 Å². The molecule has 0 atom stereocenters. The lowest BCUT2D eigenvalue weighted by atomic mass is 10.3. The van der Waals surface area contributed by atoms with Crippen molar-refractivity contribution in [2.24, 2.45) is 21.7 Å². The predicted molar refractivity (Wildman–Crippen MR) is 95.8 cm³/mol. The van der Waals surface area contributed by atoms with Crippen molar-refractivity contribution in [1.29, 1.82) is 0 Å². The Labute approximate surface area is 141 Å². The SMILES string of the molecule is C=CC(N)=O.C=CC(N)=O.c1ccc(N=Nc2ccccc2)cc1. The molecule has 0 saturated carbocycles. The van der Waals surface area contributed by atoms with Crippen LogP contribution in [0.3, 0.4) is 0 Å². The van der Waals surface area contributed by atoms with Crippen molar-refractivity contribution in [3.63, 3.8) is 0 Å². The number of carbonyl (C=O) groups excluding carboxylic acids is 2. The highest BCUT2D eigenvalue weighted by molar-refractivity contribution is 5.85. The summed E-state index contributed by atoms with van der Waals surface area (Å²) in [5, 5.41) is 8.20. The Hall–Kier alpha value is -3.54. The topological polar surface area (TPSA) is 111 Å². The van der Waals surface area contributed by atoms with E-state index in [0.29, 0.717) is 0 Å². The first-order valence-electron chi connectivity index (χ1n) is 6.85. The molecule has 0 spiro atoms. The van der Waals surface area contributed by atoms with Gasteiger partial charge in [-0.3, -0.25) is 9.59 Å². The van der Waals surface area contributed by atoms with Crippen molar-refractivity contribution in [3.8, 4) is 0 Å². The summed E-state index contributed by atoms with van der Waals surface area (Å²) in [4.78, 5) is 18.9. The molecular formula is C18H20N4O2. The molecule has 0 saturated heterocycles. The maximum Gasteiger partial charge on any atom is 0.240 e. The molecule has 0 bridgehead atoms. The molecule has 6 nitrogen and oxygen atoms in total. The van der Waals surface area contributed by atoms with Crippen LogP contribution < -0.4 is 11.5 Å². The van der Waals surface area contributed by atoms with E-state index in [2.05, 4.69) is 34.9 Å². The van der Waals surface area contributed by atoms with Gasteiger partial charge in [-0.25, -0.2) is 0 Å². The molecule has 2 amide bonds. The Balaban J connectivity index is 0.000000442. The van der Waals surface area contributed by atoms with Crippen molar-refractivity contribution in [3.05, 3.63) is 86.0 Å². The summed E-state index contributed by atoms with van der Waals surface area (Å²) >= 11 is 0. The zero-order valence-electron chi connectivity index (χ0n) is 13.2. The van der Waals surface area contributed by atoms with E-state index in [4.69, 9.17) is 0 Å². The normalized spacial score (nSPS) is 8.83. The molecule has 0 aliphatic carbocycles. The van der Waals surface area contributed by atoms with Crippen LogP contribution in [0.4, 0.5) is 11.4 Å². The number of hydrogen-bond donors (Lipinski definition) is 2. The monoisotopic (exact) mass is 324 g/mol. The van der Waals surface area contributed by atoms with Crippen LogP contribution in [-0.2, 0) is 9.59 Å². The van der Waals surface area contributed by atoms with E-state index in [-0.39, 0.29) is 0 Å². The third-order valence-corrected chi connectivity index (χ3v) is 2.20. The van der Waals surface area contributed by atoms with Crippen LogP contribution in [0.1, 0.15) is 0 Å². The standard InChI is InChI=1S/C12H10N2.2C3H5NO/c1-3-7-11(8-4-1)13-14-12-9-5-2-6-10-12;2*1-2-3(4)5/h1-10H;2*2H,1H2,(H2,4,5). The largest absolute Gasteiger partial charge is 0.366 e. The molecule has 0 radical (unpaired) electrons. The van der Waals surface area contributed by atoms with Gasteiger partial charge in [-0.2, -0.15) is 10.2 Å². The fourth-order valence-electron chi connectivity index (χ4n) is 1.10. The third kappa shape index (κ3) is 12.2. The van der Waals surface area contributed by atoms with E-state index in [0.717, 1.165) is 23.5 Å². The molecule has 0 aromatic heterocycles. The average Bonchev–Trinajstić information content (AvgIpc) is 2.62. The van der Waals surface area contributed by atoms with Gasteiger partial charge >= 0.3 is 0 Å². The van der Waals surface area contributed by atoms with E-state index in [1.807, 2.05) is 60.7 Å². The summed E-state index contributed by atoms with van der Waals surface area (Å²) in [6.07, 6.45) is 2.11. The van der Waals surface area contributed by atoms with Gasteiger partial charge in [0, 0.05) is 0 Å². The minimum absolute atomic E-state index is 0.481. The maximum absolute atomic E-state index is 9.47. The van der Waals surface area contributed by atoms with Gasteiger partial charge in [0.05, 0.1) is 11.4 Å². The first-order valence-corrected chi connectivity index (χ1v) is 6.85. The summed E-state index contributed by atoms with van der Waals surface area (Å²) in [7, 11) is 0. The van der Waals surface area contributed by atoms with Gasteiger partial charge in [0.1, 0.15) is 0 Å². The average molecular weight is 324 g/mol. The summed E-state index contributed by atoms with van der Waals surface area (Å²) in [6, 6.07) is 19.4. The molecule has 0 fully saturated rings. The van der Waals surface area contributed by atoms with Crippen LogP contribution in [-0.4, -0.2) is 11.8 Å². The number of carbonyl (C=O) groups is 2. The molecule has 24 heavy (non-hydrogen) atoms. The fraction of sp³-hybridized carbons (Fsp3) is 0. The number of azo groups is 1. The zero-order chi connectivity index (χ0) is 18.2. The van der Waals surface area contributed by atoms with E-state index in [1.165, 1.54) is 0 Å². The van der Waals surface area contributed by atoms with Crippen LogP contribution in [0.25, 0.3) is 0 Å². The van der Waals surface area contributed by atoms with Crippen LogP contribution in [0.2, 0.25) is 0 Å². The minimum atomic E-state index is -0.481. The first kappa shape index (κ1) is 20.5. The smallest absolute Gasteiger partial charge is 0.240 e. The number of amides is 2. The number of primary amides is 2. The van der Waals surface area contributed by atoms with Gasteiger partial charge in [0.2, 0.25) is 11.8 Å². The Morgan fingerprint density at radius 1 is 0.708 bits per heavy atom. The van der Waals surface area contributed by atoms with Crippen LogP contribution in [0.15, 0.2) is 96.2 Å². The second kappa shape index (κ2) is 13.1. The lowest BCUT2D eigenvalue weighted by Crippen LogP contribution is -2.04. The first-order chi connectivity index (χ1) is 11.5. The van der Waals surface area contributed by atoms with Gasteiger partial charge in [0.15, 0.2) is 0 Å². The van der Waals surface area contributed by atoms with Crippen LogP contribution in [0, 0.1) is 0 Å². The molecular weight excluding hydrogens is 304 g/mol. The van der Waals surface area contributed by atoms with Crippen LogP contribution >= 0.6 is 0 Å². The van der Waals surface area contributed by atoms with Gasteiger partial charge in [-0.15, -0.1) is 0 Å². The number of nitrogens with two attached hydrogens (primary N) is 2. The molecule has 124 valence electrons. The van der Waals surface area contributed by atoms with Gasteiger partial charge < -0.3 is 11.5 Å². The summed E-state index contributed by atoms with van der Waals surface area (Å²) in [5.74, 6) is -0.963. The third-order valence-electron chi connectivity index (χ3n) is 2.20. The molecule has 2 rings (SSSR count). The molecule has 2 aromatic rings. The molecule has 0 aliphatic rings. The Morgan fingerprint density at radius 3 is 1.17 bits per heavy atom.